The lowest BCUT2D eigenvalue weighted by molar-refractivity contribution is -0.137. The van der Waals surface area contributed by atoms with E-state index >= 15 is 0 Å². The number of hydrogen-bond donors (Lipinski definition) is 3. The molecule has 0 aliphatic carbocycles. The van der Waals surface area contributed by atoms with Gasteiger partial charge >= 0.3 is 6.18 Å². The maximum Gasteiger partial charge on any atom is 0.416 e. The van der Waals surface area contributed by atoms with E-state index in [1.807, 2.05) is 24.3 Å². The van der Waals surface area contributed by atoms with Crippen LogP contribution in [-0.2, 0) is 6.18 Å². The Morgan fingerprint density at radius 3 is 2.37 bits per heavy atom. The molecule has 27 heavy (non-hydrogen) atoms. The number of halogens is 5. The van der Waals surface area contributed by atoms with Gasteiger partial charge in [-0.05, 0) is 36.4 Å². The number of nitrogen functional groups attached to an aromatic ring is 1. The van der Waals surface area contributed by atoms with Crippen LogP contribution in [0.5, 0.6) is 0 Å². The van der Waals surface area contributed by atoms with Crippen molar-refractivity contribution in [3.05, 3.63) is 63.9 Å². The molecule has 1 heterocycles. The van der Waals surface area contributed by atoms with E-state index in [4.69, 9.17) is 17.3 Å². The quantitative estimate of drug-likeness (QED) is 0.448. The summed E-state index contributed by atoms with van der Waals surface area (Å²) in [4.78, 5) is 8.06. The Balaban J connectivity index is 1.91. The van der Waals surface area contributed by atoms with E-state index in [0.717, 1.165) is 28.4 Å². The predicted molar refractivity (Wildman–Crippen MR) is 104 cm³/mol. The summed E-state index contributed by atoms with van der Waals surface area (Å²) in [7, 11) is 0. The maximum atomic E-state index is 12.9. The summed E-state index contributed by atoms with van der Waals surface area (Å²) in [5, 5.41) is 5.86. The van der Waals surface area contributed by atoms with Crippen molar-refractivity contribution in [2.24, 2.45) is 0 Å². The van der Waals surface area contributed by atoms with Crippen LogP contribution in [0.1, 0.15) is 5.56 Å². The van der Waals surface area contributed by atoms with Gasteiger partial charge in [-0.2, -0.15) is 13.2 Å². The van der Waals surface area contributed by atoms with Crippen LogP contribution >= 0.6 is 27.5 Å². The van der Waals surface area contributed by atoms with Gasteiger partial charge < -0.3 is 16.4 Å². The molecule has 3 rings (SSSR count). The number of hydrogen-bond acceptors (Lipinski definition) is 5. The lowest BCUT2D eigenvalue weighted by atomic mass is 10.2. The highest BCUT2D eigenvalue weighted by Crippen LogP contribution is 2.36. The van der Waals surface area contributed by atoms with Crippen molar-refractivity contribution in [2.75, 3.05) is 16.4 Å². The largest absolute Gasteiger partial charge is 0.416 e. The molecule has 0 atom stereocenters. The highest BCUT2D eigenvalue weighted by Gasteiger charge is 2.31. The summed E-state index contributed by atoms with van der Waals surface area (Å²) in [5.74, 6) is 0.428. The third-order valence-corrected chi connectivity index (χ3v) is 4.34. The summed E-state index contributed by atoms with van der Waals surface area (Å²) >= 11 is 9.36. The minimum Gasteiger partial charge on any atom is -0.393 e. The Bertz CT molecular complexity index is 981. The first kappa shape index (κ1) is 19.2. The molecule has 0 aliphatic rings. The molecule has 140 valence electrons. The van der Waals surface area contributed by atoms with Gasteiger partial charge in [0.25, 0.3) is 0 Å². The molecule has 4 N–H and O–H groups in total. The lowest BCUT2D eigenvalue weighted by Crippen LogP contribution is -2.08. The van der Waals surface area contributed by atoms with E-state index < -0.39 is 11.7 Å². The first-order chi connectivity index (χ1) is 12.7. The number of alkyl halides is 3. The van der Waals surface area contributed by atoms with E-state index in [0.29, 0.717) is 5.82 Å². The minimum atomic E-state index is -4.49. The molecule has 0 fully saturated rings. The molecule has 3 aromatic rings. The van der Waals surface area contributed by atoms with E-state index in [1.54, 1.807) is 0 Å². The minimum absolute atomic E-state index is 0.0327. The topological polar surface area (TPSA) is 75.9 Å². The maximum absolute atomic E-state index is 12.9. The second kappa shape index (κ2) is 7.61. The van der Waals surface area contributed by atoms with Gasteiger partial charge in [0, 0.05) is 10.2 Å². The Kier molecular flexibility index (Phi) is 5.43. The molecule has 10 heteroatoms. The van der Waals surface area contributed by atoms with Crippen molar-refractivity contribution < 1.29 is 13.2 Å². The van der Waals surface area contributed by atoms with Gasteiger partial charge in [-0.3, -0.25) is 0 Å². The van der Waals surface area contributed by atoms with Crippen molar-refractivity contribution in [1.82, 2.24) is 9.97 Å². The molecule has 0 bridgehead atoms. The zero-order valence-electron chi connectivity index (χ0n) is 13.5. The molecule has 0 unspecified atom stereocenters. The van der Waals surface area contributed by atoms with Crippen LogP contribution in [0.15, 0.2) is 53.3 Å². The number of rotatable bonds is 4. The van der Waals surface area contributed by atoms with Crippen molar-refractivity contribution >= 4 is 56.2 Å². The van der Waals surface area contributed by atoms with Gasteiger partial charge in [0.1, 0.15) is 12.0 Å². The van der Waals surface area contributed by atoms with Gasteiger partial charge in [0.15, 0.2) is 11.6 Å². The van der Waals surface area contributed by atoms with Crippen LogP contribution in [0.2, 0.25) is 5.02 Å². The smallest absolute Gasteiger partial charge is 0.393 e. The second-order valence-corrected chi connectivity index (χ2v) is 6.76. The third kappa shape index (κ3) is 4.61. The van der Waals surface area contributed by atoms with Crippen molar-refractivity contribution in [2.45, 2.75) is 6.18 Å². The summed E-state index contributed by atoms with van der Waals surface area (Å²) in [6, 6.07) is 10.3. The molecular formula is C17H12BrClF3N5. The van der Waals surface area contributed by atoms with Crippen molar-refractivity contribution in [1.29, 1.82) is 0 Å². The second-order valence-electron chi connectivity index (χ2n) is 5.44. The highest BCUT2D eigenvalue weighted by molar-refractivity contribution is 9.10. The molecule has 0 saturated heterocycles. The zero-order chi connectivity index (χ0) is 19.6. The summed E-state index contributed by atoms with van der Waals surface area (Å²) in [5.41, 5.74) is 6.11. The lowest BCUT2D eigenvalue weighted by Gasteiger charge is -2.15. The van der Waals surface area contributed by atoms with Gasteiger partial charge in [-0.25, -0.2) is 9.97 Å². The van der Waals surface area contributed by atoms with Crippen LogP contribution in [0.4, 0.5) is 41.9 Å². The van der Waals surface area contributed by atoms with Gasteiger partial charge in [0.05, 0.1) is 16.3 Å². The number of nitrogens with two attached hydrogens (primary N) is 1. The Morgan fingerprint density at radius 2 is 1.70 bits per heavy atom. The molecule has 0 spiro atoms. The van der Waals surface area contributed by atoms with Gasteiger partial charge in [-0.1, -0.05) is 33.6 Å². The molecule has 1 aromatic heterocycles. The van der Waals surface area contributed by atoms with Crippen LogP contribution in [-0.4, -0.2) is 9.97 Å². The summed E-state index contributed by atoms with van der Waals surface area (Å²) in [6.07, 6.45) is -3.26. The van der Waals surface area contributed by atoms with E-state index in [2.05, 4.69) is 36.5 Å². The monoisotopic (exact) mass is 457 g/mol. The van der Waals surface area contributed by atoms with Gasteiger partial charge in [-0.15, -0.1) is 0 Å². The van der Waals surface area contributed by atoms with Crippen LogP contribution in [0.25, 0.3) is 0 Å². The molecule has 2 aromatic carbocycles. The van der Waals surface area contributed by atoms with Crippen LogP contribution < -0.4 is 16.4 Å². The zero-order valence-corrected chi connectivity index (χ0v) is 15.8. The van der Waals surface area contributed by atoms with Crippen molar-refractivity contribution in [3.8, 4) is 0 Å². The molecule has 0 amide bonds. The fraction of sp³-hybridized carbons (Fsp3) is 0.0588. The van der Waals surface area contributed by atoms with E-state index in [-0.39, 0.29) is 22.2 Å². The van der Waals surface area contributed by atoms with Gasteiger partial charge in [0.2, 0.25) is 0 Å². The van der Waals surface area contributed by atoms with Crippen LogP contribution in [0.3, 0.4) is 0 Å². The Morgan fingerprint density at radius 1 is 1.00 bits per heavy atom. The first-order valence-corrected chi connectivity index (χ1v) is 8.68. The first-order valence-electron chi connectivity index (χ1n) is 7.51. The van der Waals surface area contributed by atoms with E-state index in [1.165, 1.54) is 6.33 Å². The fourth-order valence-electron chi connectivity index (χ4n) is 2.22. The molecule has 0 aliphatic heterocycles. The highest BCUT2D eigenvalue weighted by atomic mass is 79.9. The Labute approximate surface area is 165 Å². The average molecular weight is 459 g/mol. The number of nitrogens with zero attached hydrogens (tertiary/aromatic N) is 2. The molecule has 5 nitrogen and oxygen atoms in total. The molecule has 0 saturated carbocycles. The fourth-order valence-corrected chi connectivity index (χ4v) is 2.79. The number of nitrogens with one attached hydrogen (secondary N) is 2. The SMILES string of the molecule is Nc1c(Nc2cccc(Br)c2)ncnc1Nc1cc(C(F)(F)F)ccc1Cl. The molecule has 0 radical (unpaired) electrons. The Hall–Kier alpha value is -2.52. The van der Waals surface area contributed by atoms with Crippen molar-refractivity contribution in [3.63, 3.8) is 0 Å². The summed E-state index contributed by atoms with van der Waals surface area (Å²) in [6.45, 7) is 0. The number of aromatic nitrogens is 2. The molecular weight excluding hydrogens is 447 g/mol. The average Bonchev–Trinajstić information content (AvgIpc) is 2.59. The third-order valence-electron chi connectivity index (χ3n) is 3.52. The number of anilines is 5. The normalized spacial score (nSPS) is 11.3. The van der Waals surface area contributed by atoms with Crippen LogP contribution in [0, 0.1) is 0 Å². The summed E-state index contributed by atoms with van der Waals surface area (Å²) < 4.78 is 39.6. The number of benzene rings is 2. The predicted octanol–water partition coefficient (Wildman–Crippen LogP) is 5.98. The standard InChI is InChI=1S/C17H12BrClF3N5/c18-10-2-1-3-11(7-10)26-15-14(23)16(25-8-24-15)27-13-6-9(17(20,21)22)4-5-12(13)19/h1-8H,23H2,(H2,24,25,26,27). The van der Waals surface area contributed by atoms with E-state index in [9.17, 15) is 13.2 Å².